The Balaban J connectivity index is 1.23. The van der Waals surface area contributed by atoms with E-state index < -0.39 is 25.1 Å². The van der Waals surface area contributed by atoms with E-state index in [1.807, 2.05) is 6.07 Å². The highest BCUT2D eigenvalue weighted by molar-refractivity contribution is 8.45. The van der Waals surface area contributed by atoms with Gasteiger partial charge in [0, 0.05) is 31.0 Å². The number of sulfonamides is 1. The van der Waals surface area contributed by atoms with Gasteiger partial charge in [0.25, 0.3) is 0 Å². The monoisotopic (exact) mass is 583 g/mol. The van der Waals surface area contributed by atoms with E-state index in [1.165, 1.54) is 22.6 Å². The number of fused-ring (bicyclic) bond motifs is 1. The van der Waals surface area contributed by atoms with E-state index >= 15 is 0 Å². The van der Waals surface area contributed by atoms with Crippen LogP contribution in [0.15, 0.2) is 82.8 Å². The summed E-state index contributed by atoms with van der Waals surface area (Å²) in [5.41, 5.74) is 2.78. The quantitative estimate of drug-likeness (QED) is 0.252. The molecule has 14 heteroatoms. The van der Waals surface area contributed by atoms with Crippen molar-refractivity contribution in [2.45, 2.75) is 28.7 Å². The van der Waals surface area contributed by atoms with Gasteiger partial charge >= 0.3 is 10.2 Å². The molecule has 5 rings (SSSR count). The minimum Gasteiger partial charge on any atom is -0.382 e. The van der Waals surface area contributed by atoms with Crippen molar-refractivity contribution in [2.75, 3.05) is 18.4 Å². The van der Waals surface area contributed by atoms with Crippen molar-refractivity contribution in [3.63, 3.8) is 0 Å². The van der Waals surface area contributed by atoms with Crippen molar-refractivity contribution in [2.24, 2.45) is 0 Å². The molecule has 1 N–H and O–H groups in total. The average molecular weight is 584 g/mol. The second-order valence-corrected chi connectivity index (χ2v) is 13.6. The van der Waals surface area contributed by atoms with Crippen LogP contribution in [-0.4, -0.2) is 41.2 Å². The lowest BCUT2D eigenvalue weighted by Gasteiger charge is -2.40. The maximum absolute atomic E-state index is 13.2. The Labute approximate surface area is 221 Å². The molecule has 1 saturated heterocycles. The summed E-state index contributed by atoms with van der Waals surface area (Å²) < 4.78 is 94.0. The van der Waals surface area contributed by atoms with Gasteiger partial charge in [0.2, 0.25) is 10.0 Å². The lowest BCUT2D eigenvalue weighted by Crippen LogP contribution is -2.42. The molecule has 0 saturated carbocycles. The fourth-order valence-corrected chi connectivity index (χ4v) is 6.61. The van der Waals surface area contributed by atoms with Crippen LogP contribution >= 0.6 is 10.2 Å². The first-order chi connectivity index (χ1) is 18.1. The molecule has 0 radical (unpaired) electrons. The molecule has 0 atom stereocenters. The lowest BCUT2D eigenvalue weighted by atomic mass is 10.1. The molecule has 39 heavy (non-hydrogen) atoms. The third-order valence-electron chi connectivity index (χ3n) is 6.57. The predicted octanol–water partition coefficient (Wildman–Crippen LogP) is 6.80. The number of nitriles is 1. The third kappa shape index (κ3) is 5.56. The summed E-state index contributed by atoms with van der Waals surface area (Å²) >= 11 is 0. The Morgan fingerprint density at radius 3 is 2.10 bits per heavy atom. The number of benzene rings is 2. The fraction of sp³-hybridized carbons (Fsp3) is 0.200. The second-order valence-electron chi connectivity index (χ2n) is 9.24. The molecule has 2 aromatic heterocycles. The number of halogens is 5. The summed E-state index contributed by atoms with van der Waals surface area (Å²) in [7, 11) is -13.5. The largest absolute Gasteiger partial charge is 0.382 e. The van der Waals surface area contributed by atoms with Gasteiger partial charge in [-0.05, 0) is 72.5 Å². The highest BCUT2D eigenvalue weighted by Crippen LogP contribution is 3.02. The van der Waals surface area contributed by atoms with Gasteiger partial charge in [-0.15, -0.1) is 0 Å². The Hall–Kier alpha value is -3.67. The summed E-state index contributed by atoms with van der Waals surface area (Å²) in [6, 6.07) is 14.4. The van der Waals surface area contributed by atoms with Crippen LogP contribution < -0.4 is 5.32 Å². The van der Waals surface area contributed by atoms with E-state index in [0.717, 1.165) is 23.3 Å². The van der Waals surface area contributed by atoms with E-state index in [1.54, 1.807) is 28.8 Å². The number of hydrogen-bond acceptors (Lipinski definition) is 5. The summed E-state index contributed by atoms with van der Waals surface area (Å²) in [5, 5.41) is 12.2. The van der Waals surface area contributed by atoms with Crippen molar-refractivity contribution >= 4 is 31.6 Å². The van der Waals surface area contributed by atoms with Crippen LogP contribution in [0.4, 0.5) is 25.1 Å². The predicted molar refractivity (Wildman–Crippen MR) is 139 cm³/mol. The first-order valence-electron chi connectivity index (χ1n) is 11.7. The molecule has 0 aliphatic carbocycles. The van der Waals surface area contributed by atoms with Gasteiger partial charge in [-0.3, -0.25) is 4.40 Å². The SMILES string of the molecule is N#Cc1cnc2ccc(-c3ccc(S(=O)(=O)N4CCC(Nc5ccc(S(F)(F)(F)(F)F)cc5)CC4)cc3)cn12. The number of piperidine rings is 1. The van der Waals surface area contributed by atoms with Gasteiger partial charge in [0.15, 0.2) is 0 Å². The molecule has 7 nitrogen and oxygen atoms in total. The van der Waals surface area contributed by atoms with Crippen LogP contribution in [0.1, 0.15) is 18.5 Å². The topological polar surface area (TPSA) is 90.5 Å². The molecular formula is C25H22F5N5O2S2. The standard InChI is InChI=1S/C25H22F5N5O2S2/c26-39(27,28,29,30)24-8-4-20(5-9-24)33-21-11-13-34(14-12-21)38(36,37)23-6-1-18(2-7-23)19-3-10-25-32-16-22(15-31)35(25)17-19/h1-10,16-17,21,33H,11-14H2. The van der Waals surface area contributed by atoms with Crippen molar-refractivity contribution < 1.29 is 27.8 Å². The van der Waals surface area contributed by atoms with E-state index in [4.69, 9.17) is 0 Å². The number of rotatable bonds is 6. The zero-order chi connectivity index (χ0) is 28.1. The number of anilines is 1. The zero-order valence-corrected chi connectivity index (χ0v) is 21.8. The Morgan fingerprint density at radius 2 is 1.51 bits per heavy atom. The Morgan fingerprint density at radius 1 is 0.897 bits per heavy atom. The molecule has 4 aromatic rings. The number of hydrogen-bond donors (Lipinski definition) is 1. The smallest absolute Gasteiger partial charge is 0.310 e. The molecular weight excluding hydrogens is 561 g/mol. The molecule has 1 aliphatic heterocycles. The van der Waals surface area contributed by atoms with Crippen molar-refractivity contribution in [3.8, 4) is 17.2 Å². The van der Waals surface area contributed by atoms with Gasteiger partial charge < -0.3 is 5.32 Å². The number of aromatic nitrogens is 2. The van der Waals surface area contributed by atoms with Crippen LogP contribution in [0.3, 0.4) is 0 Å². The molecule has 0 unspecified atom stereocenters. The number of nitrogens with one attached hydrogen (secondary N) is 1. The Bertz CT molecular complexity index is 1690. The Kier molecular flexibility index (Phi) is 5.98. The third-order valence-corrected chi connectivity index (χ3v) is 9.65. The molecule has 1 fully saturated rings. The van der Waals surface area contributed by atoms with E-state index in [2.05, 4.69) is 16.4 Å². The van der Waals surface area contributed by atoms with Gasteiger partial charge in [-0.1, -0.05) is 31.6 Å². The minimum atomic E-state index is -9.73. The molecule has 206 valence electrons. The first-order valence-corrected chi connectivity index (χ1v) is 15.1. The molecule has 1 aliphatic rings. The number of imidazole rings is 1. The molecule has 2 aromatic carbocycles. The molecule has 3 heterocycles. The van der Waals surface area contributed by atoms with Crippen LogP contribution in [0.2, 0.25) is 0 Å². The van der Waals surface area contributed by atoms with E-state index in [9.17, 15) is 33.1 Å². The highest BCUT2D eigenvalue weighted by Gasteiger charge is 2.65. The van der Waals surface area contributed by atoms with E-state index in [0.29, 0.717) is 36.3 Å². The van der Waals surface area contributed by atoms with Crippen LogP contribution in [0.5, 0.6) is 0 Å². The molecule has 0 bridgehead atoms. The van der Waals surface area contributed by atoms with Crippen molar-refractivity contribution in [3.05, 3.63) is 78.8 Å². The zero-order valence-electron chi connectivity index (χ0n) is 20.1. The van der Waals surface area contributed by atoms with Crippen molar-refractivity contribution in [1.82, 2.24) is 13.7 Å². The van der Waals surface area contributed by atoms with Crippen LogP contribution in [0, 0.1) is 11.3 Å². The molecule has 0 amide bonds. The lowest BCUT2D eigenvalue weighted by molar-refractivity contribution is 0.330. The summed E-state index contributed by atoms with van der Waals surface area (Å²) in [4.78, 5) is 2.31. The summed E-state index contributed by atoms with van der Waals surface area (Å²) in [5.74, 6) is 0. The van der Waals surface area contributed by atoms with Gasteiger partial charge in [0.1, 0.15) is 22.3 Å². The maximum atomic E-state index is 13.2. The van der Waals surface area contributed by atoms with Gasteiger partial charge in [-0.2, -0.15) is 9.57 Å². The fourth-order valence-electron chi connectivity index (χ4n) is 4.49. The van der Waals surface area contributed by atoms with Gasteiger partial charge in [0.05, 0.1) is 11.1 Å². The number of pyridine rings is 1. The number of nitrogens with zero attached hydrogens (tertiary/aromatic N) is 4. The van der Waals surface area contributed by atoms with Crippen LogP contribution in [-0.2, 0) is 10.0 Å². The maximum Gasteiger partial charge on any atom is 0.310 e. The van der Waals surface area contributed by atoms with E-state index in [-0.39, 0.29) is 29.7 Å². The molecule has 0 spiro atoms. The first kappa shape index (κ1) is 26.9. The highest BCUT2D eigenvalue weighted by atomic mass is 32.5. The second kappa shape index (κ2) is 8.67. The van der Waals surface area contributed by atoms with Gasteiger partial charge in [-0.25, -0.2) is 13.4 Å². The van der Waals surface area contributed by atoms with Crippen molar-refractivity contribution in [1.29, 1.82) is 5.26 Å². The van der Waals surface area contributed by atoms with Crippen LogP contribution in [0.25, 0.3) is 16.8 Å². The average Bonchev–Trinajstić information content (AvgIpc) is 3.30. The summed E-state index contributed by atoms with van der Waals surface area (Å²) in [6.45, 7) is 0.360. The normalized spacial score (nSPS) is 17.3. The minimum absolute atomic E-state index is 0.116. The summed E-state index contributed by atoms with van der Waals surface area (Å²) in [6.07, 6.45) is 3.99.